The predicted octanol–water partition coefficient (Wildman–Crippen LogP) is 3.87. The van der Waals surface area contributed by atoms with Crippen LogP contribution in [0, 0.1) is 5.82 Å². The Morgan fingerprint density at radius 2 is 2.04 bits per heavy atom. The van der Waals surface area contributed by atoms with Gasteiger partial charge in [-0.05, 0) is 42.0 Å². The quantitative estimate of drug-likeness (QED) is 0.441. The van der Waals surface area contributed by atoms with Gasteiger partial charge in [0.15, 0.2) is 0 Å². The largest absolute Gasteiger partial charge is 0.487 e. The van der Waals surface area contributed by atoms with E-state index in [-0.39, 0.29) is 12.4 Å². The second-order valence-corrected chi connectivity index (χ2v) is 4.76. The number of halogens is 1. The van der Waals surface area contributed by atoms with Crippen LogP contribution in [0.25, 0.3) is 11.5 Å². The Kier molecular flexibility index (Phi) is 4.33. The van der Waals surface area contributed by atoms with E-state index in [1.165, 1.54) is 24.6 Å². The fourth-order valence-corrected chi connectivity index (χ4v) is 2.01. The van der Waals surface area contributed by atoms with Crippen LogP contribution in [0.5, 0.6) is 5.75 Å². The average Bonchev–Trinajstić information content (AvgIpc) is 3.03. The van der Waals surface area contributed by atoms with Crippen molar-refractivity contribution in [3.05, 3.63) is 71.9 Å². The van der Waals surface area contributed by atoms with Crippen LogP contribution in [0.1, 0.15) is 11.3 Å². The van der Waals surface area contributed by atoms with E-state index in [0.717, 1.165) is 5.56 Å². The summed E-state index contributed by atoms with van der Waals surface area (Å²) < 4.78 is 23.9. The highest BCUT2D eigenvalue weighted by Crippen LogP contribution is 2.20. The summed E-state index contributed by atoms with van der Waals surface area (Å²) in [6, 6.07) is 13.0. The molecule has 0 fully saturated rings. The van der Waals surface area contributed by atoms with E-state index in [0.29, 0.717) is 22.9 Å². The maximum absolute atomic E-state index is 12.9. The van der Waals surface area contributed by atoms with Crippen molar-refractivity contribution in [2.45, 2.75) is 6.61 Å². The number of benzene rings is 2. The van der Waals surface area contributed by atoms with Crippen molar-refractivity contribution in [3.8, 4) is 17.2 Å². The number of hydrogen-bond donors (Lipinski definition) is 1. The first-order valence-corrected chi connectivity index (χ1v) is 6.85. The second-order valence-electron chi connectivity index (χ2n) is 4.76. The van der Waals surface area contributed by atoms with Gasteiger partial charge in [0, 0.05) is 5.56 Å². The van der Waals surface area contributed by atoms with Crippen LogP contribution in [0.2, 0.25) is 0 Å². The monoisotopic (exact) mass is 312 g/mol. The topological polar surface area (TPSA) is 67.9 Å². The molecule has 5 nitrogen and oxygen atoms in total. The van der Waals surface area contributed by atoms with Crippen LogP contribution in [0.3, 0.4) is 0 Å². The van der Waals surface area contributed by atoms with Gasteiger partial charge in [0.25, 0.3) is 0 Å². The molecule has 23 heavy (non-hydrogen) atoms. The molecule has 3 aromatic rings. The third kappa shape index (κ3) is 3.74. The van der Waals surface area contributed by atoms with E-state index in [2.05, 4.69) is 10.1 Å². The lowest BCUT2D eigenvalue weighted by molar-refractivity contribution is 0.301. The molecule has 1 heterocycles. The van der Waals surface area contributed by atoms with E-state index in [4.69, 9.17) is 14.4 Å². The lowest BCUT2D eigenvalue weighted by Gasteiger charge is -2.04. The molecule has 0 aliphatic heterocycles. The van der Waals surface area contributed by atoms with Crippen molar-refractivity contribution in [3.63, 3.8) is 0 Å². The highest BCUT2D eigenvalue weighted by atomic mass is 19.1. The summed E-state index contributed by atoms with van der Waals surface area (Å²) >= 11 is 0. The molecule has 2 aromatic carbocycles. The molecule has 1 aromatic heterocycles. The third-order valence-corrected chi connectivity index (χ3v) is 3.09. The summed E-state index contributed by atoms with van der Waals surface area (Å²) in [6.45, 7) is 0.227. The van der Waals surface area contributed by atoms with Gasteiger partial charge in [-0.25, -0.2) is 9.37 Å². The molecule has 0 saturated carbocycles. The Bertz CT molecular complexity index is 813. The summed E-state index contributed by atoms with van der Waals surface area (Å²) in [6.07, 6.45) is 2.81. The molecule has 1 N–H and O–H groups in total. The first-order valence-electron chi connectivity index (χ1n) is 6.85. The van der Waals surface area contributed by atoms with Crippen molar-refractivity contribution < 1.29 is 18.8 Å². The molecule has 6 heteroatoms. The Labute approximate surface area is 131 Å². The third-order valence-electron chi connectivity index (χ3n) is 3.09. The molecule has 0 aliphatic rings. The maximum atomic E-state index is 12.9. The van der Waals surface area contributed by atoms with Gasteiger partial charge in [-0.2, -0.15) is 0 Å². The molecule has 0 spiro atoms. The zero-order valence-electron chi connectivity index (χ0n) is 12.0. The van der Waals surface area contributed by atoms with Gasteiger partial charge in [-0.1, -0.05) is 17.3 Å². The van der Waals surface area contributed by atoms with Crippen molar-refractivity contribution in [2.24, 2.45) is 5.16 Å². The van der Waals surface area contributed by atoms with Gasteiger partial charge in [-0.3, -0.25) is 0 Å². The number of oxime groups is 1. The molecule has 0 aliphatic carbocycles. The van der Waals surface area contributed by atoms with Gasteiger partial charge < -0.3 is 14.4 Å². The van der Waals surface area contributed by atoms with Crippen LogP contribution in [-0.2, 0) is 6.61 Å². The van der Waals surface area contributed by atoms with Crippen molar-refractivity contribution in [1.29, 1.82) is 0 Å². The molecule has 0 saturated heterocycles. The SMILES string of the molecule is ON=Cc1cccc(OCc2coc(-c3ccc(F)cc3)n2)c1. The minimum absolute atomic E-state index is 0.227. The Balaban J connectivity index is 1.67. The number of ether oxygens (including phenoxy) is 1. The fraction of sp³-hybridized carbons (Fsp3) is 0.0588. The van der Waals surface area contributed by atoms with Gasteiger partial charge >= 0.3 is 0 Å². The van der Waals surface area contributed by atoms with Gasteiger partial charge in [-0.15, -0.1) is 0 Å². The summed E-state index contributed by atoms with van der Waals surface area (Å²) in [5.41, 5.74) is 2.03. The molecule has 3 rings (SSSR count). The first-order chi connectivity index (χ1) is 11.2. The van der Waals surface area contributed by atoms with Crippen LogP contribution in [0.15, 0.2) is 64.4 Å². The lowest BCUT2D eigenvalue weighted by Crippen LogP contribution is -1.96. The molecule has 0 radical (unpaired) electrons. The van der Waals surface area contributed by atoms with Crippen LogP contribution >= 0.6 is 0 Å². The first kappa shape index (κ1) is 14.8. The Morgan fingerprint density at radius 1 is 1.22 bits per heavy atom. The zero-order valence-corrected chi connectivity index (χ0v) is 12.0. The number of hydrogen-bond acceptors (Lipinski definition) is 5. The zero-order chi connectivity index (χ0) is 16.1. The predicted molar refractivity (Wildman–Crippen MR) is 82.1 cm³/mol. The van der Waals surface area contributed by atoms with Crippen molar-refractivity contribution in [1.82, 2.24) is 4.98 Å². The van der Waals surface area contributed by atoms with Crippen molar-refractivity contribution in [2.75, 3.05) is 0 Å². The smallest absolute Gasteiger partial charge is 0.226 e. The minimum atomic E-state index is -0.310. The van der Waals surface area contributed by atoms with Gasteiger partial charge in [0.05, 0.1) is 6.21 Å². The molecule has 0 atom stereocenters. The van der Waals surface area contributed by atoms with Crippen LogP contribution < -0.4 is 4.74 Å². The van der Waals surface area contributed by atoms with Crippen molar-refractivity contribution >= 4 is 6.21 Å². The van der Waals surface area contributed by atoms with Gasteiger partial charge in [0.2, 0.25) is 5.89 Å². The summed E-state index contributed by atoms with van der Waals surface area (Å²) in [7, 11) is 0. The fourth-order valence-electron chi connectivity index (χ4n) is 2.01. The number of aromatic nitrogens is 1. The average molecular weight is 312 g/mol. The van der Waals surface area contributed by atoms with E-state index < -0.39 is 0 Å². The molecule has 0 amide bonds. The molecule has 0 unspecified atom stereocenters. The lowest BCUT2D eigenvalue weighted by atomic mass is 10.2. The highest BCUT2D eigenvalue weighted by Gasteiger charge is 2.07. The standard InChI is InChI=1S/C17H13FN2O3/c18-14-6-4-13(5-7-14)17-20-15(11-23-17)10-22-16-3-1-2-12(8-16)9-19-21/h1-9,11,21H,10H2. The summed E-state index contributed by atoms with van der Waals surface area (Å²) in [4.78, 5) is 4.30. The number of nitrogens with zero attached hydrogens (tertiary/aromatic N) is 2. The van der Waals surface area contributed by atoms with Crippen LogP contribution in [-0.4, -0.2) is 16.4 Å². The van der Waals surface area contributed by atoms with E-state index in [9.17, 15) is 4.39 Å². The number of rotatable bonds is 5. The summed E-state index contributed by atoms with van der Waals surface area (Å²) in [5, 5.41) is 11.5. The minimum Gasteiger partial charge on any atom is -0.487 e. The number of oxazole rings is 1. The molecule has 0 bridgehead atoms. The Morgan fingerprint density at radius 3 is 2.83 bits per heavy atom. The van der Waals surface area contributed by atoms with E-state index in [1.807, 2.05) is 0 Å². The maximum Gasteiger partial charge on any atom is 0.226 e. The van der Waals surface area contributed by atoms with E-state index >= 15 is 0 Å². The normalized spacial score (nSPS) is 11.0. The van der Waals surface area contributed by atoms with E-state index in [1.54, 1.807) is 36.4 Å². The van der Waals surface area contributed by atoms with Gasteiger partial charge in [0.1, 0.15) is 30.1 Å². The molecular weight excluding hydrogens is 299 g/mol. The van der Waals surface area contributed by atoms with Crippen LogP contribution in [0.4, 0.5) is 4.39 Å². The summed E-state index contributed by atoms with van der Waals surface area (Å²) in [5.74, 6) is 0.716. The molecule has 116 valence electrons. The molecular formula is C17H13FN2O3. The second kappa shape index (κ2) is 6.74. The Hall–Kier alpha value is -3.15. The highest BCUT2D eigenvalue weighted by molar-refractivity contribution is 5.79.